The number of cyclic esters (lactones) is 1. The van der Waals surface area contributed by atoms with Crippen LogP contribution in [0.25, 0.3) is 0 Å². The summed E-state index contributed by atoms with van der Waals surface area (Å²) in [5, 5.41) is 19.5. The molecule has 1 saturated heterocycles. The third-order valence-electron chi connectivity index (χ3n) is 5.49. The maximum atomic E-state index is 14.7. The minimum atomic E-state index is -1.04. The number of rotatable bonds is 2. The fourth-order valence-electron chi connectivity index (χ4n) is 4.20. The number of benzene rings is 1. The van der Waals surface area contributed by atoms with Gasteiger partial charge >= 0.3 is 6.09 Å². The minimum absolute atomic E-state index is 0.196. The van der Waals surface area contributed by atoms with E-state index in [0.29, 0.717) is 30.5 Å². The number of hydrogen-bond donors (Lipinski definition) is 3. The van der Waals surface area contributed by atoms with Gasteiger partial charge in [-0.15, -0.1) is 0 Å². The number of ether oxygens (including phenoxy) is 1. The molecule has 4 N–H and O–H groups in total. The molecule has 2 amide bonds. The second-order valence-corrected chi connectivity index (χ2v) is 7.00. The Morgan fingerprint density at radius 1 is 1.28 bits per heavy atom. The zero-order chi connectivity index (χ0) is 17.9. The summed E-state index contributed by atoms with van der Waals surface area (Å²) < 4.78 is 19.7. The number of carbonyl (C=O) groups excluding carboxylic acids is 2. The molecule has 1 aromatic carbocycles. The van der Waals surface area contributed by atoms with Crippen LogP contribution in [-0.2, 0) is 16.0 Å². The summed E-state index contributed by atoms with van der Waals surface area (Å²) in [5.41, 5.74) is 6.91. The highest BCUT2D eigenvalue weighted by atomic mass is 19.1. The molecule has 2 fully saturated rings. The molecular weight excluding hydrogens is 331 g/mol. The predicted octanol–water partition coefficient (Wildman–Crippen LogP) is 0.550. The van der Waals surface area contributed by atoms with E-state index in [1.54, 1.807) is 6.07 Å². The standard InChI is InChI=1S/C17H19FN2O5/c18-10-6-11-8(3-9(10)7-1-2-13(21)14(22)5-7)4-12-15(16(19)23)25-17(24)20(11)12/h3,6-7,12-15,21-22H,1-2,4-5H2,(H2,19,23)/t7?,12-,13+,14-,15+/m0/s1. The van der Waals surface area contributed by atoms with Crippen LogP contribution >= 0.6 is 0 Å². The lowest BCUT2D eigenvalue weighted by molar-refractivity contribution is -0.125. The zero-order valence-corrected chi connectivity index (χ0v) is 13.4. The fourth-order valence-corrected chi connectivity index (χ4v) is 4.20. The number of anilines is 1. The van der Waals surface area contributed by atoms with Gasteiger partial charge in [0.2, 0.25) is 6.10 Å². The average molecular weight is 350 g/mol. The van der Waals surface area contributed by atoms with Crippen molar-refractivity contribution in [2.75, 3.05) is 4.90 Å². The van der Waals surface area contributed by atoms with Crippen LogP contribution in [-0.4, -0.2) is 46.6 Å². The van der Waals surface area contributed by atoms with E-state index in [1.165, 1.54) is 11.0 Å². The van der Waals surface area contributed by atoms with E-state index in [2.05, 4.69) is 0 Å². The van der Waals surface area contributed by atoms with Gasteiger partial charge in [-0.05, 0) is 48.8 Å². The summed E-state index contributed by atoms with van der Waals surface area (Å²) in [5.74, 6) is -1.39. The van der Waals surface area contributed by atoms with Crippen LogP contribution in [0.5, 0.6) is 0 Å². The van der Waals surface area contributed by atoms with Crippen molar-refractivity contribution in [1.82, 2.24) is 0 Å². The molecule has 7 nitrogen and oxygen atoms in total. The maximum Gasteiger partial charge on any atom is 0.415 e. The zero-order valence-electron chi connectivity index (χ0n) is 13.4. The summed E-state index contributed by atoms with van der Waals surface area (Å²) in [6.07, 6.45) is -1.75. The SMILES string of the molecule is NC(=O)[C@@H]1OC(=O)N2c3cc(F)c(C4CC[C@@H](O)[C@@H](O)C4)cc3C[C@@H]12. The molecule has 1 unspecified atom stereocenters. The van der Waals surface area contributed by atoms with Gasteiger partial charge in [0, 0.05) is 0 Å². The van der Waals surface area contributed by atoms with Crippen molar-refractivity contribution in [3.63, 3.8) is 0 Å². The molecule has 8 heteroatoms. The molecule has 1 aromatic rings. The smallest absolute Gasteiger partial charge is 0.415 e. The van der Waals surface area contributed by atoms with E-state index in [1.807, 2.05) is 0 Å². The summed E-state index contributed by atoms with van der Waals surface area (Å²) in [7, 11) is 0. The Kier molecular flexibility index (Phi) is 3.69. The quantitative estimate of drug-likeness (QED) is 0.721. The van der Waals surface area contributed by atoms with E-state index in [9.17, 15) is 24.2 Å². The molecule has 25 heavy (non-hydrogen) atoms. The van der Waals surface area contributed by atoms with Crippen molar-refractivity contribution in [3.05, 3.63) is 29.1 Å². The molecule has 0 radical (unpaired) electrons. The van der Waals surface area contributed by atoms with E-state index in [-0.39, 0.29) is 12.3 Å². The van der Waals surface area contributed by atoms with Gasteiger partial charge in [-0.3, -0.25) is 9.69 Å². The van der Waals surface area contributed by atoms with Crippen LogP contribution in [0, 0.1) is 5.82 Å². The average Bonchev–Trinajstić information content (AvgIpc) is 3.07. The van der Waals surface area contributed by atoms with Gasteiger partial charge in [0.15, 0.2) is 0 Å². The van der Waals surface area contributed by atoms with Gasteiger partial charge in [0.05, 0.1) is 23.9 Å². The van der Waals surface area contributed by atoms with Crippen molar-refractivity contribution in [2.45, 2.75) is 56.0 Å². The lowest BCUT2D eigenvalue weighted by atomic mass is 9.80. The molecule has 2 aliphatic heterocycles. The number of halogens is 1. The first-order chi connectivity index (χ1) is 11.9. The van der Waals surface area contributed by atoms with Crippen molar-refractivity contribution >= 4 is 17.7 Å². The second kappa shape index (κ2) is 5.67. The normalized spacial score (nSPS) is 33.8. The van der Waals surface area contributed by atoms with Gasteiger partial charge in [0.25, 0.3) is 5.91 Å². The van der Waals surface area contributed by atoms with Crippen LogP contribution in [0.4, 0.5) is 14.9 Å². The molecular formula is C17H19FN2O5. The van der Waals surface area contributed by atoms with Gasteiger partial charge in [0.1, 0.15) is 5.82 Å². The lowest BCUT2D eigenvalue weighted by Crippen LogP contribution is -2.41. The molecule has 0 spiro atoms. The van der Waals surface area contributed by atoms with Crippen LogP contribution in [0.3, 0.4) is 0 Å². The highest BCUT2D eigenvalue weighted by Crippen LogP contribution is 2.43. The number of fused-ring (bicyclic) bond motifs is 3. The number of primary amides is 1. The minimum Gasteiger partial charge on any atom is -0.433 e. The van der Waals surface area contributed by atoms with Gasteiger partial charge in [-0.1, -0.05) is 6.07 Å². The molecule has 1 aliphatic carbocycles. The number of nitrogens with zero attached hydrogens (tertiary/aromatic N) is 1. The van der Waals surface area contributed by atoms with E-state index in [4.69, 9.17) is 10.5 Å². The Morgan fingerprint density at radius 3 is 2.72 bits per heavy atom. The Balaban J connectivity index is 1.66. The Bertz CT molecular complexity index is 755. The van der Waals surface area contributed by atoms with Gasteiger partial charge < -0.3 is 20.7 Å². The summed E-state index contributed by atoms with van der Waals surface area (Å²) in [6, 6.07) is 2.43. The maximum absolute atomic E-state index is 14.7. The van der Waals surface area contributed by atoms with Crippen molar-refractivity contribution in [3.8, 4) is 0 Å². The molecule has 0 bridgehead atoms. The molecule has 2 heterocycles. The molecule has 0 aromatic heterocycles. The third kappa shape index (κ3) is 2.47. The molecule has 3 aliphatic rings. The van der Waals surface area contributed by atoms with Crippen LogP contribution < -0.4 is 10.6 Å². The topological polar surface area (TPSA) is 113 Å². The first-order valence-corrected chi connectivity index (χ1v) is 8.34. The van der Waals surface area contributed by atoms with Crippen LogP contribution in [0.2, 0.25) is 0 Å². The van der Waals surface area contributed by atoms with Crippen LogP contribution in [0.1, 0.15) is 36.3 Å². The second-order valence-electron chi connectivity index (χ2n) is 7.00. The lowest BCUT2D eigenvalue weighted by Gasteiger charge is -2.30. The van der Waals surface area contributed by atoms with Crippen LogP contribution in [0.15, 0.2) is 12.1 Å². The largest absolute Gasteiger partial charge is 0.433 e. The van der Waals surface area contributed by atoms with E-state index < -0.39 is 42.2 Å². The number of nitrogens with two attached hydrogens (primary N) is 1. The number of amides is 2. The molecule has 5 atom stereocenters. The van der Waals surface area contributed by atoms with Gasteiger partial charge in [-0.25, -0.2) is 9.18 Å². The number of hydrogen-bond acceptors (Lipinski definition) is 5. The Labute approximate surface area is 143 Å². The summed E-state index contributed by atoms with van der Waals surface area (Å²) in [6.45, 7) is 0. The third-order valence-corrected chi connectivity index (χ3v) is 5.49. The Morgan fingerprint density at radius 2 is 2.04 bits per heavy atom. The summed E-state index contributed by atoms with van der Waals surface area (Å²) >= 11 is 0. The van der Waals surface area contributed by atoms with Crippen molar-refractivity contribution < 1.29 is 28.9 Å². The highest BCUT2D eigenvalue weighted by Gasteiger charge is 2.50. The highest BCUT2D eigenvalue weighted by molar-refractivity contribution is 5.98. The first kappa shape index (κ1) is 16.3. The number of aliphatic hydroxyl groups excluding tert-OH is 2. The van der Waals surface area contributed by atoms with Crippen molar-refractivity contribution in [1.29, 1.82) is 0 Å². The van der Waals surface area contributed by atoms with E-state index >= 15 is 0 Å². The summed E-state index contributed by atoms with van der Waals surface area (Å²) in [4.78, 5) is 24.8. The molecule has 134 valence electrons. The number of aliphatic hydroxyl groups is 2. The molecule has 1 saturated carbocycles. The van der Waals surface area contributed by atoms with Crippen molar-refractivity contribution in [2.24, 2.45) is 5.73 Å². The molecule has 4 rings (SSSR count). The monoisotopic (exact) mass is 350 g/mol. The first-order valence-electron chi connectivity index (χ1n) is 8.34. The number of carbonyl (C=O) groups is 2. The van der Waals surface area contributed by atoms with Gasteiger partial charge in [-0.2, -0.15) is 0 Å². The van der Waals surface area contributed by atoms with E-state index in [0.717, 1.165) is 5.56 Å². The Hall–Kier alpha value is -2.19. The fraction of sp³-hybridized carbons (Fsp3) is 0.529. The predicted molar refractivity (Wildman–Crippen MR) is 84.4 cm³/mol.